The summed E-state index contributed by atoms with van der Waals surface area (Å²) in [7, 11) is -3.90. The number of nitrogens with zero attached hydrogens (tertiary/aromatic N) is 2. The van der Waals surface area contributed by atoms with E-state index in [9.17, 15) is 28.1 Å². The predicted molar refractivity (Wildman–Crippen MR) is 105 cm³/mol. The molecule has 1 heterocycles. The van der Waals surface area contributed by atoms with Crippen molar-refractivity contribution in [3.05, 3.63) is 38.8 Å². The molecule has 0 atom stereocenters. The molecule has 1 N–H and O–H groups in total. The van der Waals surface area contributed by atoms with Gasteiger partial charge in [-0.2, -0.15) is 8.42 Å². The van der Waals surface area contributed by atoms with E-state index < -0.39 is 26.9 Å². The normalized spacial score (nSPS) is 15.9. The third kappa shape index (κ3) is 5.74. The van der Waals surface area contributed by atoms with Crippen molar-refractivity contribution in [1.29, 1.82) is 0 Å². The molecule has 1 amide bonds. The molecule has 0 unspecified atom stereocenters. The predicted octanol–water partition coefficient (Wildman–Crippen LogP) is 2.00. The number of hydrogen-bond donors (Lipinski definition) is 1. The van der Waals surface area contributed by atoms with Gasteiger partial charge in [0.05, 0.1) is 16.1 Å². The largest absolute Gasteiger partial charge is 0.481 e. The Morgan fingerprint density at radius 2 is 2.14 bits per heavy atom. The summed E-state index contributed by atoms with van der Waals surface area (Å²) in [5.41, 5.74) is -0.297. The molecule has 0 spiro atoms. The van der Waals surface area contributed by atoms with Crippen LogP contribution in [0, 0.1) is 10.1 Å². The maximum absolute atomic E-state index is 12.5. The lowest BCUT2D eigenvalue weighted by atomic mass is 10.1. The number of thioether (sulfide) groups is 1. The third-order valence-electron chi connectivity index (χ3n) is 3.38. The van der Waals surface area contributed by atoms with Gasteiger partial charge in [-0.25, -0.2) is 0 Å². The Hall–Kier alpha value is -2.51. The van der Waals surface area contributed by atoms with Gasteiger partial charge in [0.2, 0.25) is 0 Å². The summed E-state index contributed by atoms with van der Waals surface area (Å²) in [5.74, 6) is -1.68. The molecule has 1 aromatic rings. The van der Waals surface area contributed by atoms with Gasteiger partial charge in [-0.05, 0) is 18.6 Å². The van der Waals surface area contributed by atoms with Crippen molar-refractivity contribution < 1.29 is 32.2 Å². The smallest absolute Gasteiger partial charge is 0.306 e. The maximum Gasteiger partial charge on any atom is 0.306 e. The molecule has 1 aliphatic rings. The second-order valence-corrected chi connectivity index (χ2v) is 8.85. The Bertz CT molecular complexity index is 987. The molecule has 2 rings (SSSR count). The first-order chi connectivity index (χ1) is 13.0. The molecule has 1 fully saturated rings. The Morgan fingerprint density at radius 3 is 2.71 bits per heavy atom. The van der Waals surface area contributed by atoms with Crippen LogP contribution in [0.2, 0.25) is 0 Å². The van der Waals surface area contributed by atoms with Crippen molar-refractivity contribution in [2.24, 2.45) is 0 Å². The van der Waals surface area contributed by atoms with E-state index in [4.69, 9.17) is 21.5 Å². The van der Waals surface area contributed by atoms with Crippen LogP contribution < -0.4 is 4.18 Å². The van der Waals surface area contributed by atoms with Gasteiger partial charge >= 0.3 is 16.1 Å². The van der Waals surface area contributed by atoms with Crippen LogP contribution in [0.5, 0.6) is 5.75 Å². The summed E-state index contributed by atoms with van der Waals surface area (Å²) in [5, 5.41) is 19.7. The topological polar surface area (TPSA) is 144 Å². The van der Waals surface area contributed by atoms with Crippen LogP contribution in [0.25, 0.3) is 6.08 Å². The minimum atomic E-state index is -3.90. The van der Waals surface area contributed by atoms with Gasteiger partial charge < -0.3 is 9.29 Å². The number of rotatable bonds is 8. The number of nitro benzene ring substituents is 1. The van der Waals surface area contributed by atoms with Crippen molar-refractivity contribution in [1.82, 2.24) is 4.90 Å². The lowest BCUT2D eigenvalue weighted by Crippen LogP contribution is -2.29. The van der Waals surface area contributed by atoms with Crippen LogP contribution >= 0.6 is 24.0 Å². The van der Waals surface area contributed by atoms with E-state index in [1.165, 1.54) is 11.0 Å². The minimum Gasteiger partial charge on any atom is -0.481 e. The summed E-state index contributed by atoms with van der Waals surface area (Å²) in [6, 6.07) is 3.28. The second-order valence-electron chi connectivity index (χ2n) is 5.60. The molecule has 0 saturated carbocycles. The molecule has 0 bridgehead atoms. The van der Waals surface area contributed by atoms with Crippen LogP contribution in [-0.2, 0) is 19.7 Å². The van der Waals surface area contributed by atoms with Gasteiger partial charge in [0, 0.05) is 30.7 Å². The first-order valence-corrected chi connectivity index (χ1v) is 10.7. The first kappa shape index (κ1) is 21.8. The number of benzene rings is 1. The number of carbonyl (C=O) groups excluding carboxylic acids is 1. The standard InChI is InChI=1S/C15H14N2O8S3/c1-28(23,24)25-11-5-4-10(17(21)22)7-9(11)8-12-14(20)16(15(26)27-12)6-2-3-13(18)19/h4-5,7-8H,2-3,6H2,1H3,(H,18,19)/b12-8-. The van der Waals surface area contributed by atoms with Gasteiger partial charge in [-0.3, -0.25) is 24.6 Å². The monoisotopic (exact) mass is 446 g/mol. The molecule has 1 aliphatic heterocycles. The fourth-order valence-corrected chi connectivity index (χ4v) is 4.00. The molecule has 1 saturated heterocycles. The van der Waals surface area contributed by atoms with Crippen LogP contribution in [0.1, 0.15) is 18.4 Å². The van der Waals surface area contributed by atoms with Gasteiger partial charge in [0.1, 0.15) is 10.1 Å². The SMILES string of the molecule is CS(=O)(=O)Oc1ccc([N+](=O)[O-])cc1/C=C1\SC(=S)N(CCCC(=O)O)C1=O. The molecule has 13 heteroatoms. The average Bonchev–Trinajstić information content (AvgIpc) is 2.82. The summed E-state index contributed by atoms with van der Waals surface area (Å²) in [6.45, 7) is 0.107. The maximum atomic E-state index is 12.5. The first-order valence-electron chi connectivity index (χ1n) is 7.63. The zero-order valence-corrected chi connectivity index (χ0v) is 16.8. The van der Waals surface area contributed by atoms with Crippen molar-refractivity contribution >= 4 is 62.1 Å². The average molecular weight is 446 g/mol. The van der Waals surface area contributed by atoms with E-state index in [0.717, 1.165) is 36.2 Å². The zero-order valence-electron chi connectivity index (χ0n) is 14.4. The Morgan fingerprint density at radius 1 is 1.46 bits per heavy atom. The second kappa shape index (κ2) is 8.67. The van der Waals surface area contributed by atoms with E-state index in [2.05, 4.69) is 0 Å². The molecule has 1 aromatic carbocycles. The van der Waals surface area contributed by atoms with Crippen molar-refractivity contribution in [3.63, 3.8) is 0 Å². The van der Waals surface area contributed by atoms with Gasteiger partial charge in [0.15, 0.2) is 0 Å². The van der Waals surface area contributed by atoms with E-state index in [1.54, 1.807) is 0 Å². The Balaban J connectivity index is 2.36. The Kier molecular flexibility index (Phi) is 6.74. The zero-order chi connectivity index (χ0) is 21.1. The van der Waals surface area contributed by atoms with Crippen LogP contribution in [-0.4, -0.2) is 52.3 Å². The highest BCUT2D eigenvalue weighted by Crippen LogP contribution is 2.35. The number of carboxylic acids is 1. The van der Waals surface area contributed by atoms with E-state index in [1.807, 2.05) is 0 Å². The number of aliphatic carboxylic acids is 1. The molecular formula is C15H14N2O8S3. The summed E-state index contributed by atoms with van der Waals surface area (Å²) < 4.78 is 27.9. The van der Waals surface area contributed by atoms with Crippen molar-refractivity contribution in [2.75, 3.05) is 12.8 Å². The fourth-order valence-electron chi connectivity index (χ4n) is 2.22. The summed E-state index contributed by atoms with van der Waals surface area (Å²) in [6.07, 6.45) is 2.14. The number of non-ortho nitro benzene ring substituents is 1. The number of nitro groups is 1. The molecule has 150 valence electrons. The lowest BCUT2D eigenvalue weighted by Gasteiger charge is -2.13. The molecule has 28 heavy (non-hydrogen) atoms. The third-order valence-corrected chi connectivity index (χ3v) is 5.24. The van der Waals surface area contributed by atoms with E-state index in [0.29, 0.717) is 0 Å². The van der Waals surface area contributed by atoms with Crippen LogP contribution in [0.15, 0.2) is 23.1 Å². The Labute approximate surface area is 169 Å². The number of carbonyl (C=O) groups is 2. The molecule has 10 nitrogen and oxygen atoms in total. The lowest BCUT2D eigenvalue weighted by molar-refractivity contribution is -0.384. The van der Waals surface area contributed by atoms with Gasteiger partial charge in [-0.15, -0.1) is 0 Å². The van der Waals surface area contributed by atoms with E-state index in [-0.39, 0.29) is 45.6 Å². The van der Waals surface area contributed by atoms with Crippen LogP contribution in [0.4, 0.5) is 5.69 Å². The number of carboxylic acid groups (broad SMARTS) is 1. The highest BCUT2D eigenvalue weighted by molar-refractivity contribution is 8.26. The quantitative estimate of drug-likeness (QED) is 0.207. The summed E-state index contributed by atoms with van der Waals surface area (Å²) >= 11 is 6.05. The molecule has 0 aromatic heterocycles. The molecule has 0 radical (unpaired) electrons. The number of amides is 1. The van der Waals surface area contributed by atoms with Crippen molar-refractivity contribution in [2.45, 2.75) is 12.8 Å². The molecule has 0 aliphatic carbocycles. The van der Waals surface area contributed by atoms with E-state index >= 15 is 0 Å². The molecular weight excluding hydrogens is 432 g/mol. The minimum absolute atomic E-state index is 0.0191. The number of hydrogen-bond acceptors (Lipinski definition) is 9. The highest BCUT2D eigenvalue weighted by Gasteiger charge is 2.32. The number of thiocarbonyl (C=S) groups is 1. The van der Waals surface area contributed by atoms with Crippen LogP contribution in [0.3, 0.4) is 0 Å². The summed E-state index contributed by atoms with van der Waals surface area (Å²) in [4.78, 5) is 34.8. The van der Waals surface area contributed by atoms with Gasteiger partial charge in [-0.1, -0.05) is 24.0 Å². The van der Waals surface area contributed by atoms with Crippen molar-refractivity contribution in [3.8, 4) is 5.75 Å². The highest BCUT2D eigenvalue weighted by atomic mass is 32.2. The fraction of sp³-hybridized carbons (Fsp3) is 0.267. The van der Waals surface area contributed by atoms with Gasteiger partial charge in [0.25, 0.3) is 11.6 Å².